The van der Waals surface area contributed by atoms with Crippen LogP contribution in [0.5, 0.6) is 11.6 Å². The zero-order chi connectivity index (χ0) is 22.8. The highest BCUT2D eigenvalue weighted by molar-refractivity contribution is 7.15. The molecule has 0 N–H and O–H groups in total. The van der Waals surface area contributed by atoms with Gasteiger partial charge in [-0.15, -0.1) is 11.3 Å². The van der Waals surface area contributed by atoms with E-state index in [4.69, 9.17) is 21.2 Å². The van der Waals surface area contributed by atoms with E-state index in [1.165, 1.54) is 24.6 Å². The lowest BCUT2D eigenvalue weighted by atomic mass is 9.87. The maximum atomic E-state index is 13.5. The van der Waals surface area contributed by atoms with Crippen molar-refractivity contribution in [2.75, 3.05) is 0 Å². The van der Waals surface area contributed by atoms with Gasteiger partial charge in [0.2, 0.25) is 5.88 Å². The first-order valence-electron chi connectivity index (χ1n) is 9.13. The number of thiazole rings is 1. The molecule has 0 radical (unpaired) electrons. The molecule has 0 aliphatic carbocycles. The zero-order valence-corrected chi connectivity index (χ0v) is 18.8. The van der Waals surface area contributed by atoms with Gasteiger partial charge < -0.3 is 9.57 Å². The van der Waals surface area contributed by atoms with Gasteiger partial charge in [0.05, 0.1) is 16.7 Å². The lowest BCUT2D eigenvalue weighted by Crippen LogP contribution is -2.10. The predicted octanol–water partition coefficient (Wildman–Crippen LogP) is 6.19. The molecule has 1 aromatic carbocycles. The number of aryl methyl sites for hydroxylation is 1. The second-order valence-electron chi connectivity index (χ2n) is 7.65. The van der Waals surface area contributed by atoms with E-state index in [0.717, 1.165) is 16.5 Å². The van der Waals surface area contributed by atoms with E-state index in [2.05, 4.69) is 36.0 Å². The van der Waals surface area contributed by atoms with E-state index in [1.54, 1.807) is 12.1 Å². The van der Waals surface area contributed by atoms with Crippen LogP contribution in [0, 0.1) is 0 Å². The number of hydrogen-bond donors (Lipinski definition) is 0. The zero-order valence-electron chi connectivity index (χ0n) is 17.2. The highest BCUT2D eigenvalue weighted by Crippen LogP contribution is 2.36. The fourth-order valence-electron chi connectivity index (χ4n) is 2.65. The number of rotatable bonds is 6. The topological polar surface area (TPSA) is 61.5 Å². The number of ether oxygens (including phenoxy) is 1. The monoisotopic (exact) mass is 472 g/mol. The standard InChI is InChI=1S/C20H20ClF3N4O2S/c1-19(2,3)12-5-7-13(8-6-12)30-17-15(16(20(22,23)24)27-28(17)4)10-26-29-11-14-9-25-18(21)31-14/h5-10H,11H2,1-4H3/b26-10+. The molecule has 31 heavy (non-hydrogen) atoms. The molecule has 0 saturated heterocycles. The lowest BCUT2D eigenvalue weighted by Gasteiger charge is -2.19. The molecule has 2 heterocycles. The highest BCUT2D eigenvalue weighted by Gasteiger charge is 2.39. The van der Waals surface area contributed by atoms with Crippen LogP contribution >= 0.6 is 22.9 Å². The maximum absolute atomic E-state index is 13.5. The number of aromatic nitrogens is 3. The molecule has 0 amide bonds. The minimum atomic E-state index is -4.69. The molecule has 0 bridgehead atoms. The van der Waals surface area contributed by atoms with Crippen LogP contribution in [-0.2, 0) is 30.1 Å². The summed E-state index contributed by atoms with van der Waals surface area (Å²) in [6.07, 6.45) is -2.25. The summed E-state index contributed by atoms with van der Waals surface area (Å²) in [6.45, 7) is 6.21. The number of alkyl halides is 3. The van der Waals surface area contributed by atoms with Crippen molar-refractivity contribution in [1.29, 1.82) is 0 Å². The van der Waals surface area contributed by atoms with Gasteiger partial charge in [0.1, 0.15) is 5.75 Å². The fraction of sp³-hybridized carbons (Fsp3) is 0.350. The Morgan fingerprint density at radius 2 is 1.87 bits per heavy atom. The maximum Gasteiger partial charge on any atom is 0.435 e. The molecule has 6 nitrogen and oxygen atoms in total. The van der Waals surface area contributed by atoms with Crippen LogP contribution in [0.3, 0.4) is 0 Å². The third-order valence-electron chi connectivity index (χ3n) is 4.22. The lowest BCUT2D eigenvalue weighted by molar-refractivity contribution is -0.141. The summed E-state index contributed by atoms with van der Waals surface area (Å²) in [4.78, 5) is 9.63. The minimum absolute atomic E-state index is 0.0208. The Morgan fingerprint density at radius 1 is 1.19 bits per heavy atom. The van der Waals surface area contributed by atoms with Crippen molar-refractivity contribution in [3.05, 3.63) is 56.6 Å². The molecular weight excluding hydrogens is 453 g/mol. The third-order valence-corrected chi connectivity index (χ3v) is 5.31. The number of oxime groups is 1. The molecule has 3 rings (SSSR count). The summed E-state index contributed by atoms with van der Waals surface area (Å²) in [5.74, 6) is 0.267. The van der Waals surface area contributed by atoms with E-state index in [9.17, 15) is 13.2 Å². The van der Waals surface area contributed by atoms with Gasteiger partial charge in [-0.05, 0) is 23.1 Å². The molecule has 2 aromatic heterocycles. The van der Waals surface area contributed by atoms with Crippen LogP contribution < -0.4 is 4.74 Å². The average molecular weight is 473 g/mol. The summed E-state index contributed by atoms with van der Waals surface area (Å²) in [5, 5.41) is 7.23. The molecule has 166 valence electrons. The average Bonchev–Trinajstić information content (AvgIpc) is 3.22. The van der Waals surface area contributed by atoms with Crippen molar-refractivity contribution >= 4 is 29.2 Å². The van der Waals surface area contributed by atoms with Gasteiger partial charge in [-0.3, -0.25) is 0 Å². The van der Waals surface area contributed by atoms with Crippen LogP contribution in [0.25, 0.3) is 0 Å². The first-order valence-corrected chi connectivity index (χ1v) is 10.3. The molecule has 11 heteroatoms. The fourth-order valence-corrected chi connectivity index (χ4v) is 3.53. The first-order chi connectivity index (χ1) is 14.4. The van der Waals surface area contributed by atoms with Crippen LogP contribution in [0.15, 0.2) is 35.6 Å². The van der Waals surface area contributed by atoms with E-state index < -0.39 is 11.9 Å². The second kappa shape index (κ2) is 8.88. The van der Waals surface area contributed by atoms with Gasteiger partial charge in [-0.2, -0.15) is 18.3 Å². The largest absolute Gasteiger partial charge is 0.439 e. The SMILES string of the molecule is Cn1nc(C(F)(F)F)c(/C=N/OCc2cnc(Cl)s2)c1Oc1ccc(C(C)(C)C)cc1. The van der Waals surface area contributed by atoms with Gasteiger partial charge in [-0.25, -0.2) is 9.67 Å². The van der Waals surface area contributed by atoms with E-state index in [-0.39, 0.29) is 23.5 Å². The van der Waals surface area contributed by atoms with Crippen molar-refractivity contribution in [2.45, 2.75) is 39.0 Å². The Balaban J connectivity index is 1.85. The predicted molar refractivity (Wildman–Crippen MR) is 113 cm³/mol. The van der Waals surface area contributed by atoms with E-state index in [1.807, 2.05) is 12.1 Å². The second-order valence-corrected chi connectivity index (χ2v) is 9.35. The third kappa shape index (κ3) is 5.76. The number of benzene rings is 1. The molecule has 3 aromatic rings. The quantitative estimate of drug-likeness (QED) is 0.317. The summed E-state index contributed by atoms with van der Waals surface area (Å²) in [6, 6.07) is 7.14. The molecule has 0 saturated carbocycles. The van der Waals surface area contributed by atoms with Gasteiger partial charge in [0, 0.05) is 13.2 Å². The molecule has 0 atom stereocenters. The molecule has 0 aliphatic rings. The summed E-state index contributed by atoms with van der Waals surface area (Å²) < 4.78 is 47.5. The smallest absolute Gasteiger partial charge is 0.435 e. The van der Waals surface area contributed by atoms with Gasteiger partial charge in [0.15, 0.2) is 16.8 Å². The normalized spacial score (nSPS) is 12.5. The van der Waals surface area contributed by atoms with Crippen LogP contribution in [0.1, 0.15) is 42.5 Å². The van der Waals surface area contributed by atoms with Crippen molar-refractivity contribution in [3.8, 4) is 11.6 Å². The van der Waals surface area contributed by atoms with E-state index in [0.29, 0.717) is 15.1 Å². The number of nitrogens with zero attached hydrogens (tertiary/aromatic N) is 4. The molecule has 0 fully saturated rings. The van der Waals surface area contributed by atoms with Crippen molar-refractivity contribution in [2.24, 2.45) is 12.2 Å². The number of hydrogen-bond acceptors (Lipinski definition) is 6. The van der Waals surface area contributed by atoms with E-state index >= 15 is 0 Å². The first kappa shape index (κ1) is 23.1. The van der Waals surface area contributed by atoms with Crippen molar-refractivity contribution < 1.29 is 22.7 Å². The summed E-state index contributed by atoms with van der Waals surface area (Å²) in [5.41, 5.74) is -0.452. The summed E-state index contributed by atoms with van der Waals surface area (Å²) in [7, 11) is 1.37. The summed E-state index contributed by atoms with van der Waals surface area (Å²) >= 11 is 6.92. The van der Waals surface area contributed by atoms with Crippen LogP contribution in [0.2, 0.25) is 4.47 Å². The Hall–Kier alpha value is -2.59. The molecule has 0 spiro atoms. The Labute approximate surface area is 186 Å². The van der Waals surface area contributed by atoms with Crippen LogP contribution in [-0.4, -0.2) is 21.0 Å². The Kier molecular flexibility index (Phi) is 6.61. The highest BCUT2D eigenvalue weighted by atomic mass is 35.5. The Bertz CT molecular complexity index is 1070. The van der Waals surface area contributed by atoms with Crippen molar-refractivity contribution in [3.63, 3.8) is 0 Å². The molecular formula is C20H20ClF3N4O2S. The van der Waals surface area contributed by atoms with Crippen molar-refractivity contribution in [1.82, 2.24) is 14.8 Å². The number of halogens is 4. The van der Waals surface area contributed by atoms with Gasteiger partial charge in [-0.1, -0.05) is 49.7 Å². The molecule has 0 aliphatic heterocycles. The van der Waals surface area contributed by atoms with Gasteiger partial charge in [0.25, 0.3) is 0 Å². The Morgan fingerprint density at radius 3 is 2.42 bits per heavy atom. The van der Waals surface area contributed by atoms with Gasteiger partial charge >= 0.3 is 6.18 Å². The minimum Gasteiger partial charge on any atom is -0.439 e. The molecule has 0 unspecified atom stereocenters. The van der Waals surface area contributed by atoms with Crippen LogP contribution in [0.4, 0.5) is 13.2 Å².